The van der Waals surface area contributed by atoms with Gasteiger partial charge in [-0.05, 0) is 43.0 Å². The number of nitrogens with zero attached hydrogens (tertiary/aromatic N) is 1. The number of benzene rings is 2. The van der Waals surface area contributed by atoms with Crippen molar-refractivity contribution >= 4 is 5.91 Å². The second-order valence-electron chi connectivity index (χ2n) is 6.48. The summed E-state index contributed by atoms with van der Waals surface area (Å²) in [5, 5.41) is 0. The molecule has 2 atom stereocenters. The number of rotatable bonds is 4. The lowest BCUT2D eigenvalue weighted by atomic mass is 10.1. The molecule has 24 heavy (non-hydrogen) atoms. The second-order valence-corrected chi connectivity index (χ2v) is 6.48. The zero-order valence-electron chi connectivity index (χ0n) is 13.6. The van der Waals surface area contributed by atoms with Gasteiger partial charge >= 0.3 is 0 Å². The Balaban J connectivity index is 1.48. The van der Waals surface area contributed by atoms with Crippen LogP contribution in [0.1, 0.15) is 35.2 Å². The van der Waals surface area contributed by atoms with Crippen molar-refractivity contribution in [2.45, 2.75) is 38.0 Å². The molecule has 1 amide bonds. The summed E-state index contributed by atoms with van der Waals surface area (Å²) in [6, 6.07) is 18.2. The highest BCUT2D eigenvalue weighted by molar-refractivity contribution is 5.95. The second kappa shape index (κ2) is 6.52. The molecule has 0 N–H and O–H groups in total. The fourth-order valence-electron chi connectivity index (χ4n) is 3.65. The minimum Gasteiger partial charge on any atom is -0.489 e. The third-order valence-electron chi connectivity index (χ3n) is 4.88. The van der Waals surface area contributed by atoms with Crippen molar-refractivity contribution in [1.29, 1.82) is 0 Å². The van der Waals surface area contributed by atoms with Crippen LogP contribution in [0.2, 0.25) is 0 Å². The zero-order chi connectivity index (χ0) is 16.4. The van der Waals surface area contributed by atoms with Gasteiger partial charge in [0.25, 0.3) is 5.91 Å². The minimum atomic E-state index is 0.122. The lowest BCUT2D eigenvalue weighted by molar-refractivity contribution is 0.0688. The van der Waals surface area contributed by atoms with Gasteiger partial charge in [-0.15, -0.1) is 0 Å². The van der Waals surface area contributed by atoms with Crippen LogP contribution >= 0.6 is 0 Å². The fourth-order valence-corrected chi connectivity index (χ4v) is 3.65. The molecule has 0 aromatic heterocycles. The lowest BCUT2D eigenvalue weighted by Crippen LogP contribution is -2.42. The van der Waals surface area contributed by atoms with Gasteiger partial charge < -0.3 is 9.64 Å². The van der Waals surface area contributed by atoms with E-state index < -0.39 is 0 Å². The van der Waals surface area contributed by atoms with Crippen LogP contribution in [0.5, 0.6) is 5.75 Å². The van der Waals surface area contributed by atoms with Crippen LogP contribution in [-0.4, -0.2) is 22.9 Å². The average molecular weight is 319 g/mol. The molecule has 1 saturated heterocycles. The van der Waals surface area contributed by atoms with Crippen molar-refractivity contribution in [3.05, 3.63) is 77.9 Å². The molecule has 0 saturated carbocycles. The van der Waals surface area contributed by atoms with Crippen molar-refractivity contribution in [1.82, 2.24) is 4.90 Å². The SMILES string of the molecule is O=C(c1cccc(OCc2ccccc2)c1)N1C2C=CCC1CC2. The van der Waals surface area contributed by atoms with Gasteiger partial charge in [0, 0.05) is 11.6 Å². The smallest absolute Gasteiger partial charge is 0.254 e. The number of carbonyl (C=O) groups excluding carboxylic acids is 1. The molecular weight excluding hydrogens is 298 g/mol. The highest BCUT2D eigenvalue weighted by Crippen LogP contribution is 2.33. The number of carbonyl (C=O) groups is 1. The molecule has 2 aromatic carbocycles. The number of hydrogen-bond donors (Lipinski definition) is 0. The Hall–Kier alpha value is -2.55. The van der Waals surface area contributed by atoms with E-state index in [0.29, 0.717) is 18.2 Å². The number of fused-ring (bicyclic) bond motifs is 2. The predicted molar refractivity (Wildman–Crippen MR) is 94.0 cm³/mol. The standard InChI is InChI=1S/C21H21NO2/c23-21(22-18-9-5-10-19(22)13-12-18)17-8-4-11-20(14-17)24-15-16-6-2-1-3-7-16/h1-9,11,14,18-19H,10,12-13,15H2. The Labute approximate surface area is 142 Å². The lowest BCUT2D eigenvalue weighted by Gasteiger charge is -2.31. The third kappa shape index (κ3) is 2.94. The maximum atomic E-state index is 12.9. The molecule has 3 nitrogen and oxygen atoms in total. The first-order valence-electron chi connectivity index (χ1n) is 8.57. The number of hydrogen-bond acceptors (Lipinski definition) is 2. The molecule has 0 radical (unpaired) electrons. The van der Waals surface area contributed by atoms with Crippen LogP contribution in [0.3, 0.4) is 0 Å². The van der Waals surface area contributed by atoms with Gasteiger partial charge in [0.05, 0.1) is 6.04 Å². The maximum absolute atomic E-state index is 12.9. The molecule has 122 valence electrons. The molecule has 2 aliphatic heterocycles. The monoisotopic (exact) mass is 319 g/mol. The van der Waals surface area contributed by atoms with E-state index in [4.69, 9.17) is 4.74 Å². The summed E-state index contributed by atoms with van der Waals surface area (Å²) in [7, 11) is 0. The van der Waals surface area contributed by atoms with Gasteiger partial charge in [0.15, 0.2) is 0 Å². The quantitative estimate of drug-likeness (QED) is 0.791. The molecule has 2 bridgehead atoms. The van der Waals surface area contributed by atoms with Crippen LogP contribution in [-0.2, 0) is 6.61 Å². The Morgan fingerprint density at radius 2 is 1.96 bits per heavy atom. The molecule has 1 fully saturated rings. The molecular formula is C21H21NO2. The van der Waals surface area contributed by atoms with Crippen molar-refractivity contribution in [2.75, 3.05) is 0 Å². The number of ether oxygens (including phenoxy) is 1. The topological polar surface area (TPSA) is 29.5 Å². The van der Waals surface area contributed by atoms with Crippen molar-refractivity contribution in [2.24, 2.45) is 0 Å². The molecule has 2 aromatic rings. The Kier molecular flexibility index (Phi) is 4.08. The van der Waals surface area contributed by atoms with E-state index in [1.54, 1.807) is 0 Å². The minimum absolute atomic E-state index is 0.122. The first-order valence-corrected chi connectivity index (χ1v) is 8.57. The Bertz CT molecular complexity index is 753. The van der Waals surface area contributed by atoms with Gasteiger partial charge in [-0.2, -0.15) is 0 Å². The predicted octanol–water partition coefficient (Wildman–Crippen LogP) is 4.20. The summed E-state index contributed by atoms with van der Waals surface area (Å²) in [5.74, 6) is 0.863. The molecule has 0 spiro atoms. The van der Waals surface area contributed by atoms with Crippen molar-refractivity contribution < 1.29 is 9.53 Å². The van der Waals surface area contributed by atoms with Gasteiger partial charge in [-0.3, -0.25) is 4.79 Å². The van der Waals surface area contributed by atoms with Gasteiger partial charge in [-0.25, -0.2) is 0 Å². The Morgan fingerprint density at radius 1 is 1.08 bits per heavy atom. The molecule has 2 aliphatic rings. The zero-order valence-corrected chi connectivity index (χ0v) is 13.6. The molecule has 0 aliphatic carbocycles. The molecule has 4 rings (SSSR count). The van der Waals surface area contributed by atoms with Crippen molar-refractivity contribution in [3.63, 3.8) is 0 Å². The van der Waals surface area contributed by atoms with E-state index in [1.807, 2.05) is 54.6 Å². The summed E-state index contributed by atoms with van der Waals surface area (Å²) in [5.41, 5.74) is 1.83. The van der Waals surface area contributed by atoms with E-state index in [2.05, 4.69) is 17.1 Å². The molecule has 2 unspecified atom stereocenters. The van der Waals surface area contributed by atoms with Gasteiger partial charge in [0.1, 0.15) is 12.4 Å². The van der Waals surface area contributed by atoms with Crippen LogP contribution in [0.15, 0.2) is 66.7 Å². The van der Waals surface area contributed by atoms with E-state index in [1.165, 1.54) is 0 Å². The van der Waals surface area contributed by atoms with Crippen LogP contribution < -0.4 is 4.74 Å². The highest BCUT2D eigenvalue weighted by atomic mass is 16.5. The Morgan fingerprint density at radius 3 is 2.79 bits per heavy atom. The first kappa shape index (κ1) is 15.0. The molecule has 3 heteroatoms. The van der Waals surface area contributed by atoms with Crippen LogP contribution in [0.25, 0.3) is 0 Å². The van der Waals surface area contributed by atoms with E-state index in [-0.39, 0.29) is 11.9 Å². The van der Waals surface area contributed by atoms with Gasteiger partial charge in [-0.1, -0.05) is 48.6 Å². The molecule has 2 heterocycles. The summed E-state index contributed by atoms with van der Waals surface area (Å²) in [4.78, 5) is 15.0. The first-order chi connectivity index (χ1) is 11.8. The highest BCUT2D eigenvalue weighted by Gasteiger charge is 2.37. The van der Waals surface area contributed by atoms with Gasteiger partial charge in [0.2, 0.25) is 0 Å². The van der Waals surface area contributed by atoms with E-state index in [9.17, 15) is 4.79 Å². The fraction of sp³-hybridized carbons (Fsp3) is 0.286. The normalized spacial score (nSPS) is 21.8. The van der Waals surface area contributed by atoms with Crippen molar-refractivity contribution in [3.8, 4) is 5.75 Å². The summed E-state index contributed by atoms with van der Waals surface area (Å²) in [6.07, 6.45) is 7.56. The summed E-state index contributed by atoms with van der Waals surface area (Å²) < 4.78 is 5.85. The third-order valence-corrected chi connectivity index (χ3v) is 4.88. The van der Waals surface area contributed by atoms with Crippen LogP contribution in [0.4, 0.5) is 0 Å². The average Bonchev–Trinajstić information content (AvgIpc) is 2.89. The summed E-state index contributed by atoms with van der Waals surface area (Å²) >= 11 is 0. The van der Waals surface area contributed by atoms with E-state index in [0.717, 1.165) is 30.6 Å². The van der Waals surface area contributed by atoms with E-state index >= 15 is 0 Å². The maximum Gasteiger partial charge on any atom is 0.254 e. The largest absolute Gasteiger partial charge is 0.489 e. The summed E-state index contributed by atoms with van der Waals surface area (Å²) in [6.45, 7) is 0.510. The van der Waals surface area contributed by atoms with Crippen LogP contribution in [0, 0.1) is 0 Å². The number of amides is 1.